The van der Waals surface area contributed by atoms with Crippen LogP contribution in [-0.2, 0) is 4.79 Å². The van der Waals surface area contributed by atoms with Gasteiger partial charge in [-0.25, -0.2) is 0 Å². The topological polar surface area (TPSA) is 74.3 Å². The van der Waals surface area contributed by atoms with Crippen molar-refractivity contribution in [3.63, 3.8) is 0 Å². The molecule has 1 aliphatic rings. The third-order valence-corrected chi connectivity index (χ3v) is 6.20. The number of methoxy groups -OCH3 is 1. The van der Waals surface area contributed by atoms with Crippen LogP contribution in [0.4, 0.5) is 5.69 Å². The van der Waals surface area contributed by atoms with E-state index in [0.29, 0.717) is 24.6 Å². The van der Waals surface area contributed by atoms with E-state index in [-0.39, 0.29) is 18.1 Å². The lowest BCUT2D eigenvalue weighted by atomic mass is 9.98. The Bertz CT molecular complexity index is 927. The molecule has 2 aromatic rings. The lowest BCUT2D eigenvalue weighted by molar-refractivity contribution is -0.118. The van der Waals surface area contributed by atoms with Crippen molar-refractivity contribution in [2.75, 3.05) is 51.8 Å². The van der Waals surface area contributed by atoms with Crippen LogP contribution in [0.1, 0.15) is 25.0 Å². The molecule has 0 radical (unpaired) electrons. The summed E-state index contributed by atoms with van der Waals surface area (Å²) in [6, 6.07) is 13.4. The molecular formula is C26H37N3O4. The standard InChI is InChI=1S/C26H37N3O4/c1-19-9-8-10-20(2)25(19)27-24(31)16-28-13-14-29(26(3,4)18-28)15-21(30)17-33-23-12-7-6-11-22(23)32-5/h6-12,21,30H,13-18H2,1-5H3,(H,27,31). The number of carbonyl (C=O) groups is 1. The van der Waals surface area contributed by atoms with E-state index in [1.807, 2.05) is 56.3 Å². The first-order valence-electron chi connectivity index (χ1n) is 11.5. The Balaban J connectivity index is 1.49. The number of ether oxygens (including phenoxy) is 2. The summed E-state index contributed by atoms with van der Waals surface area (Å²) in [5.74, 6) is 1.28. The van der Waals surface area contributed by atoms with Crippen LogP contribution in [0.5, 0.6) is 11.5 Å². The van der Waals surface area contributed by atoms with Gasteiger partial charge in [0.15, 0.2) is 11.5 Å². The highest BCUT2D eigenvalue weighted by Crippen LogP contribution is 2.26. The molecule has 3 rings (SSSR count). The second-order valence-corrected chi connectivity index (χ2v) is 9.40. The quantitative estimate of drug-likeness (QED) is 0.605. The number of carbonyl (C=O) groups excluding carboxylic acids is 1. The number of amides is 1. The van der Waals surface area contributed by atoms with Gasteiger partial charge in [-0.3, -0.25) is 14.6 Å². The number of β-amino-alcohol motifs (C(OH)–C–C–N with tert-alkyl or cyclic N) is 1. The van der Waals surface area contributed by atoms with Crippen molar-refractivity contribution in [2.24, 2.45) is 0 Å². The Morgan fingerprint density at radius 3 is 2.39 bits per heavy atom. The third kappa shape index (κ3) is 6.69. The summed E-state index contributed by atoms with van der Waals surface area (Å²) in [7, 11) is 1.60. The minimum Gasteiger partial charge on any atom is -0.493 e. The predicted octanol–water partition coefficient (Wildman–Crippen LogP) is 3.09. The number of rotatable bonds is 9. The SMILES string of the molecule is COc1ccccc1OCC(O)CN1CCN(CC(=O)Nc2c(C)cccc2C)CC1(C)C. The van der Waals surface area contributed by atoms with Crippen LogP contribution < -0.4 is 14.8 Å². The Morgan fingerprint density at radius 1 is 1.09 bits per heavy atom. The van der Waals surface area contributed by atoms with Gasteiger partial charge in [-0.15, -0.1) is 0 Å². The maximum absolute atomic E-state index is 12.7. The maximum Gasteiger partial charge on any atom is 0.238 e. The van der Waals surface area contributed by atoms with Gasteiger partial charge >= 0.3 is 0 Å². The monoisotopic (exact) mass is 455 g/mol. The number of benzene rings is 2. The van der Waals surface area contributed by atoms with Crippen molar-refractivity contribution in [2.45, 2.75) is 39.3 Å². The number of piperazine rings is 1. The average Bonchev–Trinajstić information content (AvgIpc) is 2.76. The van der Waals surface area contributed by atoms with Gasteiger partial charge in [-0.1, -0.05) is 30.3 Å². The van der Waals surface area contributed by atoms with E-state index >= 15 is 0 Å². The van der Waals surface area contributed by atoms with Gasteiger partial charge in [-0.2, -0.15) is 0 Å². The number of aliphatic hydroxyl groups is 1. The van der Waals surface area contributed by atoms with Gasteiger partial charge in [-0.05, 0) is 51.0 Å². The molecule has 0 spiro atoms. The predicted molar refractivity (Wildman–Crippen MR) is 131 cm³/mol. The van der Waals surface area contributed by atoms with Gasteiger partial charge in [0, 0.05) is 37.4 Å². The Labute approximate surface area is 197 Å². The van der Waals surface area contributed by atoms with E-state index in [0.717, 1.165) is 36.4 Å². The van der Waals surface area contributed by atoms with Crippen LogP contribution in [0.3, 0.4) is 0 Å². The molecular weight excluding hydrogens is 418 g/mol. The molecule has 7 nitrogen and oxygen atoms in total. The van der Waals surface area contributed by atoms with Crippen LogP contribution in [0.15, 0.2) is 42.5 Å². The molecule has 0 aliphatic carbocycles. The average molecular weight is 456 g/mol. The van der Waals surface area contributed by atoms with Gasteiger partial charge in [0.05, 0.1) is 13.7 Å². The van der Waals surface area contributed by atoms with Crippen molar-refractivity contribution >= 4 is 11.6 Å². The van der Waals surface area contributed by atoms with E-state index in [2.05, 4.69) is 29.0 Å². The van der Waals surface area contributed by atoms with E-state index < -0.39 is 6.10 Å². The number of anilines is 1. The second-order valence-electron chi connectivity index (χ2n) is 9.40. The van der Waals surface area contributed by atoms with Gasteiger partial charge in [0.25, 0.3) is 0 Å². The van der Waals surface area contributed by atoms with E-state index in [4.69, 9.17) is 9.47 Å². The first-order chi connectivity index (χ1) is 15.7. The van der Waals surface area contributed by atoms with E-state index in [1.165, 1.54) is 0 Å². The zero-order valence-corrected chi connectivity index (χ0v) is 20.4. The fourth-order valence-corrected chi connectivity index (χ4v) is 4.39. The Kier molecular flexibility index (Phi) is 8.35. The van der Waals surface area contributed by atoms with Crippen molar-refractivity contribution in [3.05, 3.63) is 53.6 Å². The Hall–Kier alpha value is -2.61. The van der Waals surface area contributed by atoms with Crippen molar-refractivity contribution in [3.8, 4) is 11.5 Å². The summed E-state index contributed by atoms with van der Waals surface area (Å²) in [5, 5.41) is 13.7. The zero-order chi connectivity index (χ0) is 24.0. The maximum atomic E-state index is 12.7. The number of nitrogens with one attached hydrogen (secondary N) is 1. The molecule has 1 atom stereocenters. The molecule has 0 aromatic heterocycles. The second kappa shape index (κ2) is 11.0. The number of aryl methyl sites for hydroxylation is 2. The highest BCUT2D eigenvalue weighted by atomic mass is 16.5. The number of hydrogen-bond acceptors (Lipinski definition) is 6. The molecule has 0 bridgehead atoms. The van der Waals surface area contributed by atoms with Crippen LogP contribution in [0, 0.1) is 13.8 Å². The minimum absolute atomic E-state index is 0.00175. The zero-order valence-electron chi connectivity index (χ0n) is 20.4. The van der Waals surface area contributed by atoms with Crippen LogP contribution in [-0.4, -0.2) is 78.9 Å². The summed E-state index contributed by atoms with van der Waals surface area (Å²) in [6.45, 7) is 11.6. The molecule has 1 fully saturated rings. The number of aliphatic hydroxyl groups excluding tert-OH is 1. The summed E-state index contributed by atoms with van der Waals surface area (Å²) < 4.78 is 11.1. The lowest BCUT2D eigenvalue weighted by Crippen LogP contribution is -2.61. The fraction of sp³-hybridized carbons (Fsp3) is 0.500. The minimum atomic E-state index is -0.631. The molecule has 33 heavy (non-hydrogen) atoms. The Morgan fingerprint density at radius 2 is 1.76 bits per heavy atom. The van der Waals surface area contributed by atoms with Gasteiger partial charge < -0.3 is 19.9 Å². The van der Waals surface area contributed by atoms with Crippen LogP contribution >= 0.6 is 0 Å². The molecule has 1 heterocycles. The molecule has 1 saturated heterocycles. The molecule has 1 aliphatic heterocycles. The summed E-state index contributed by atoms with van der Waals surface area (Å²) in [6.07, 6.45) is -0.631. The first kappa shape index (κ1) is 25.0. The van der Waals surface area contributed by atoms with Crippen molar-refractivity contribution < 1.29 is 19.4 Å². The highest BCUT2D eigenvalue weighted by molar-refractivity contribution is 5.93. The summed E-state index contributed by atoms with van der Waals surface area (Å²) >= 11 is 0. The molecule has 0 saturated carbocycles. The number of nitrogens with zero attached hydrogens (tertiary/aromatic N) is 2. The molecule has 7 heteroatoms. The lowest BCUT2D eigenvalue weighted by Gasteiger charge is -2.47. The van der Waals surface area contributed by atoms with Crippen molar-refractivity contribution in [1.82, 2.24) is 9.80 Å². The molecule has 180 valence electrons. The van der Waals surface area contributed by atoms with Gasteiger partial charge in [0.2, 0.25) is 5.91 Å². The third-order valence-electron chi connectivity index (χ3n) is 6.20. The smallest absolute Gasteiger partial charge is 0.238 e. The molecule has 2 N–H and O–H groups in total. The number of hydrogen-bond donors (Lipinski definition) is 2. The summed E-state index contributed by atoms with van der Waals surface area (Å²) in [4.78, 5) is 17.1. The molecule has 2 aromatic carbocycles. The highest BCUT2D eigenvalue weighted by Gasteiger charge is 2.35. The fourth-order valence-electron chi connectivity index (χ4n) is 4.39. The van der Waals surface area contributed by atoms with E-state index in [9.17, 15) is 9.90 Å². The van der Waals surface area contributed by atoms with Crippen LogP contribution in [0.25, 0.3) is 0 Å². The normalized spacial score (nSPS) is 17.4. The molecule has 1 unspecified atom stereocenters. The summed E-state index contributed by atoms with van der Waals surface area (Å²) in [5.41, 5.74) is 2.86. The van der Waals surface area contributed by atoms with Crippen molar-refractivity contribution in [1.29, 1.82) is 0 Å². The first-order valence-corrected chi connectivity index (χ1v) is 11.5. The number of para-hydroxylation sites is 3. The largest absolute Gasteiger partial charge is 0.493 e. The molecule has 1 amide bonds. The van der Waals surface area contributed by atoms with Gasteiger partial charge in [0.1, 0.15) is 12.7 Å². The van der Waals surface area contributed by atoms with Crippen LogP contribution in [0.2, 0.25) is 0 Å². The van der Waals surface area contributed by atoms with E-state index in [1.54, 1.807) is 7.11 Å².